The number of H-pyrrole nitrogens is 2. The molecule has 2 heterocycles. The quantitative estimate of drug-likeness (QED) is 0.724. The Morgan fingerprint density at radius 2 is 2.05 bits per heavy atom. The van der Waals surface area contributed by atoms with Crippen LogP contribution in [-0.4, -0.2) is 29.7 Å². The first-order valence-corrected chi connectivity index (χ1v) is 6.98. The Hall–Kier alpha value is -2.60. The van der Waals surface area contributed by atoms with Gasteiger partial charge in [-0.3, -0.25) is 4.79 Å². The molecule has 1 aromatic carbocycles. The minimum absolute atomic E-state index is 0.0953. The van der Waals surface area contributed by atoms with Gasteiger partial charge in [0, 0.05) is 24.3 Å². The van der Waals surface area contributed by atoms with Crippen molar-refractivity contribution in [3.8, 4) is 0 Å². The van der Waals surface area contributed by atoms with E-state index in [1.807, 2.05) is 6.07 Å². The maximum atomic E-state index is 12.2. The largest absolute Gasteiger partial charge is 0.461 e. The van der Waals surface area contributed by atoms with Crippen molar-refractivity contribution >= 4 is 27.8 Å². The van der Waals surface area contributed by atoms with Gasteiger partial charge in [0.1, 0.15) is 5.69 Å². The number of hydrogen-bond donors (Lipinski definition) is 2. The molecule has 2 N–H and O–H groups in total. The minimum atomic E-state index is -0.464. The number of rotatable bonds is 4. The topological polar surface area (TPSA) is 84.2 Å². The number of esters is 1. The second-order valence-corrected chi connectivity index (χ2v) is 4.89. The molecule has 114 valence electrons. The SMILES string of the molecule is CCOC(=O)c1[nH]cc2[nH]c3cccc(=O)c3c2c1COC. The molecular weight excluding hydrogens is 284 g/mol. The van der Waals surface area contributed by atoms with E-state index in [4.69, 9.17) is 9.47 Å². The smallest absolute Gasteiger partial charge is 0.355 e. The number of aromatic nitrogens is 2. The normalized spacial score (nSPS) is 11.2. The molecule has 22 heavy (non-hydrogen) atoms. The number of methoxy groups -OCH3 is 1. The monoisotopic (exact) mass is 300 g/mol. The molecule has 6 nitrogen and oxygen atoms in total. The van der Waals surface area contributed by atoms with Crippen molar-refractivity contribution in [1.29, 1.82) is 0 Å². The van der Waals surface area contributed by atoms with Crippen LogP contribution in [0, 0.1) is 0 Å². The van der Waals surface area contributed by atoms with Gasteiger partial charge < -0.3 is 19.4 Å². The summed E-state index contributed by atoms with van der Waals surface area (Å²) in [6, 6.07) is 5.04. The first kappa shape index (κ1) is 14.3. The van der Waals surface area contributed by atoms with Crippen LogP contribution in [0.3, 0.4) is 0 Å². The molecule has 0 bridgehead atoms. The van der Waals surface area contributed by atoms with Gasteiger partial charge in [-0.05, 0) is 19.1 Å². The molecule has 0 fully saturated rings. The first-order valence-electron chi connectivity index (χ1n) is 6.98. The number of aromatic amines is 2. The second-order valence-electron chi connectivity index (χ2n) is 4.89. The molecule has 0 amide bonds. The fourth-order valence-corrected chi connectivity index (χ4v) is 2.69. The summed E-state index contributed by atoms with van der Waals surface area (Å²) in [6.07, 6.45) is 1.67. The van der Waals surface area contributed by atoms with Crippen molar-refractivity contribution in [2.45, 2.75) is 13.5 Å². The van der Waals surface area contributed by atoms with Gasteiger partial charge in [0.15, 0.2) is 5.43 Å². The van der Waals surface area contributed by atoms with E-state index in [1.165, 1.54) is 6.07 Å². The van der Waals surface area contributed by atoms with Crippen molar-refractivity contribution in [2.75, 3.05) is 13.7 Å². The third kappa shape index (κ3) is 2.17. The molecule has 0 unspecified atom stereocenters. The maximum Gasteiger partial charge on any atom is 0.355 e. The Labute approximate surface area is 126 Å². The number of carbonyl (C=O) groups is 1. The summed E-state index contributed by atoms with van der Waals surface area (Å²) in [5.41, 5.74) is 2.31. The van der Waals surface area contributed by atoms with E-state index in [0.29, 0.717) is 22.0 Å². The molecule has 0 aliphatic heterocycles. The highest BCUT2D eigenvalue weighted by Crippen LogP contribution is 2.28. The van der Waals surface area contributed by atoms with E-state index in [2.05, 4.69) is 9.97 Å². The van der Waals surface area contributed by atoms with Crippen LogP contribution >= 0.6 is 0 Å². The highest BCUT2D eigenvalue weighted by atomic mass is 16.5. The Morgan fingerprint density at radius 1 is 1.23 bits per heavy atom. The van der Waals surface area contributed by atoms with Gasteiger partial charge in [-0.2, -0.15) is 0 Å². The van der Waals surface area contributed by atoms with Gasteiger partial charge in [-0.15, -0.1) is 0 Å². The predicted molar refractivity (Wildman–Crippen MR) is 83.1 cm³/mol. The summed E-state index contributed by atoms with van der Waals surface area (Å²) in [7, 11) is 1.54. The Bertz CT molecular complexity index is 908. The summed E-state index contributed by atoms with van der Waals surface area (Å²) < 4.78 is 10.3. The fraction of sp³-hybridized carbons (Fsp3) is 0.250. The van der Waals surface area contributed by atoms with E-state index >= 15 is 0 Å². The van der Waals surface area contributed by atoms with Crippen LogP contribution in [0.15, 0.2) is 29.2 Å². The van der Waals surface area contributed by atoms with Crippen molar-refractivity contribution in [3.63, 3.8) is 0 Å². The van der Waals surface area contributed by atoms with Gasteiger partial charge in [-0.1, -0.05) is 6.07 Å². The second kappa shape index (κ2) is 5.65. The molecule has 3 aromatic rings. The number of carbonyl (C=O) groups excluding carboxylic acids is 1. The van der Waals surface area contributed by atoms with Crippen LogP contribution in [0.4, 0.5) is 0 Å². The lowest BCUT2D eigenvalue weighted by Gasteiger charge is -2.10. The van der Waals surface area contributed by atoms with Crippen LogP contribution < -0.4 is 5.43 Å². The molecule has 0 aliphatic rings. The van der Waals surface area contributed by atoms with Crippen LogP contribution in [0.25, 0.3) is 21.8 Å². The number of ether oxygens (including phenoxy) is 2. The average Bonchev–Trinajstić information content (AvgIpc) is 2.88. The van der Waals surface area contributed by atoms with Crippen molar-refractivity contribution in [3.05, 3.63) is 45.9 Å². The summed E-state index contributed by atoms with van der Waals surface area (Å²) >= 11 is 0. The lowest BCUT2D eigenvalue weighted by atomic mass is 10.1. The Kier molecular flexibility index (Phi) is 3.68. The molecule has 0 radical (unpaired) electrons. The highest BCUT2D eigenvalue weighted by molar-refractivity contribution is 6.10. The zero-order valence-corrected chi connectivity index (χ0v) is 12.4. The third-order valence-electron chi connectivity index (χ3n) is 3.55. The average molecular weight is 300 g/mol. The first-order chi connectivity index (χ1) is 10.7. The number of fused-ring (bicyclic) bond motifs is 3. The van der Waals surface area contributed by atoms with Crippen molar-refractivity contribution in [2.24, 2.45) is 0 Å². The van der Waals surface area contributed by atoms with E-state index in [-0.39, 0.29) is 18.6 Å². The van der Waals surface area contributed by atoms with Crippen LogP contribution in [0.5, 0.6) is 0 Å². The Balaban J connectivity index is 2.40. The summed E-state index contributed by atoms with van der Waals surface area (Å²) in [4.78, 5) is 30.5. The van der Waals surface area contributed by atoms with Crippen molar-refractivity contribution in [1.82, 2.24) is 9.97 Å². The number of benzene rings is 1. The van der Waals surface area contributed by atoms with Gasteiger partial charge in [-0.25, -0.2) is 4.79 Å². The van der Waals surface area contributed by atoms with E-state index in [0.717, 1.165) is 11.0 Å². The maximum absolute atomic E-state index is 12.2. The molecule has 2 aromatic heterocycles. The number of nitrogens with one attached hydrogen (secondary N) is 2. The molecule has 0 saturated heterocycles. The minimum Gasteiger partial charge on any atom is -0.461 e. The molecule has 0 saturated carbocycles. The fourth-order valence-electron chi connectivity index (χ4n) is 2.69. The molecule has 0 spiro atoms. The van der Waals surface area contributed by atoms with E-state index < -0.39 is 5.97 Å². The summed E-state index contributed by atoms with van der Waals surface area (Å²) in [5, 5.41) is 1.26. The molecular formula is C16H16N2O4. The van der Waals surface area contributed by atoms with Crippen LogP contribution in [-0.2, 0) is 16.1 Å². The predicted octanol–water partition coefficient (Wildman–Crippen LogP) is 2.33. The molecule has 3 rings (SSSR count). The van der Waals surface area contributed by atoms with Gasteiger partial charge in [0.2, 0.25) is 0 Å². The van der Waals surface area contributed by atoms with E-state index in [9.17, 15) is 9.59 Å². The lowest BCUT2D eigenvalue weighted by Crippen LogP contribution is -2.12. The van der Waals surface area contributed by atoms with Crippen molar-refractivity contribution < 1.29 is 14.3 Å². The molecule has 6 heteroatoms. The molecule has 0 aliphatic carbocycles. The highest BCUT2D eigenvalue weighted by Gasteiger charge is 2.20. The zero-order chi connectivity index (χ0) is 15.7. The summed E-state index contributed by atoms with van der Waals surface area (Å²) in [6.45, 7) is 2.22. The van der Waals surface area contributed by atoms with Gasteiger partial charge in [0.25, 0.3) is 0 Å². The molecule has 0 atom stereocenters. The van der Waals surface area contributed by atoms with Crippen LogP contribution in [0.1, 0.15) is 23.0 Å². The summed E-state index contributed by atoms with van der Waals surface area (Å²) in [5.74, 6) is -0.464. The van der Waals surface area contributed by atoms with Crippen LogP contribution in [0.2, 0.25) is 0 Å². The number of pyridine rings is 1. The lowest BCUT2D eigenvalue weighted by molar-refractivity contribution is 0.0514. The Morgan fingerprint density at radius 3 is 2.77 bits per heavy atom. The van der Waals surface area contributed by atoms with Gasteiger partial charge in [0.05, 0.1) is 29.6 Å². The number of hydrogen-bond acceptors (Lipinski definition) is 4. The zero-order valence-electron chi connectivity index (χ0n) is 12.4. The van der Waals surface area contributed by atoms with Gasteiger partial charge >= 0.3 is 5.97 Å². The standard InChI is InChI=1S/C16H16N2O4/c1-3-22-16(20)15-9(8-21-2)13-11(7-17-15)18-10-5-4-6-12(19)14(10)13/h4-7,17-18H,3,8H2,1-2H3. The van der Waals surface area contributed by atoms with E-state index in [1.54, 1.807) is 26.3 Å². The third-order valence-corrected chi connectivity index (χ3v) is 3.55.